The van der Waals surface area contributed by atoms with Crippen LogP contribution in [0.2, 0.25) is 0 Å². The van der Waals surface area contributed by atoms with Crippen LogP contribution in [0.3, 0.4) is 0 Å². The molecule has 8 nitrogen and oxygen atoms in total. The first-order valence-corrected chi connectivity index (χ1v) is 8.31. The topological polar surface area (TPSA) is 82.0 Å². The summed E-state index contributed by atoms with van der Waals surface area (Å²) in [6, 6.07) is 6.00. The van der Waals surface area contributed by atoms with Crippen molar-refractivity contribution in [3.63, 3.8) is 0 Å². The van der Waals surface area contributed by atoms with E-state index in [0.717, 1.165) is 36.1 Å². The molecule has 5 heterocycles. The summed E-state index contributed by atoms with van der Waals surface area (Å²) in [6.07, 6.45) is 6.30. The molecule has 1 aliphatic heterocycles. The maximum Gasteiger partial charge on any atom is 0.330 e. The summed E-state index contributed by atoms with van der Waals surface area (Å²) in [4.78, 5) is 21.9. The standard InChI is InChI=1S/C17H17N7O.ClH/c1-22-14-10-19-15(12-9-20-23-7-3-2-4-13(12)23)21-16(14)24(17(22)25)11-5-6-18-8-11;/h2-4,7,9-11,18H,5-6,8H2,1H3;1H. The van der Waals surface area contributed by atoms with Gasteiger partial charge in [-0.1, -0.05) is 6.07 Å². The average molecular weight is 372 g/mol. The van der Waals surface area contributed by atoms with Gasteiger partial charge in [-0.05, 0) is 25.1 Å². The normalized spacial score (nSPS) is 17.0. The van der Waals surface area contributed by atoms with Crippen LogP contribution < -0.4 is 11.0 Å². The summed E-state index contributed by atoms with van der Waals surface area (Å²) in [5, 5.41) is 7.66. The summed E-state index contributed by atoms with van der Waals surface area (Å²) in [6.45, 7) is 1.70. The number of nitrogens with one attached hydrogen (secondary N) is 1. The van der Waals surface area contributed by atoms with Crippen molar-refractivity contribution in [2.75, 3.05) is 13.1 Å². The molecule has 9 heteroatoms. The molecule has 5 rings (SSSR count). The van der Waals surface area contributed by atoms with Gasteiger partial charge in [-0.3, -0.25) is 9.13 Å². The Morgan fingerprint density at radius 2 is 2.12 bits per heavy atom. The predicted octanol–water partition coefficient (Wildman–Crippen LogP) is 1.40. The Kier molecular flexibility index (Phi) is 4.01. The second-order valence-electron chi connectivity index (χ2n) is 6.35. The van der Waals surface area contributed by atoms with Crippen LogP contribution in [0.5, 0.6) is 0 Å². The highest BCUT2D eigenvalue weighted by atomic mass is 35.5. The number of hydrogen-bond acceptors (Lipinski definition) is 5. The van der Waals surface area contributed by atoms with Gasteiger partial charge in [0.1, 0.15) is 5.52 Å². The fourth-order valence-electron chi connectivity index (χ4n) is 3.56. The summed E-state index contributed by atoms with van der Waals surface area (Å²) in [5.41, 5.74) is 3.18. The quantitative estimate of drug-likeness (QED) is 0.576. The van der Waals surface area contributed by atoms with Crippen molar-refractivity contribution in [2.24, 2.45) is 7.05 Å². The van der Waals surface area contributed by atoms with Crippen molar-refractivity contribution in [3.05, 3.63) is 47.3 Å². The Morgan fingerprint density at radius 3 is 2.92 bits per heavy atom. The van der Waals surface area contributed by atoms with E-state index in [-0.39, 0.29) is 24.1 Å². The smallest absolute Gasteiger partial charge is 0.315 e. The molecule has 0 radical (unpaired) electrons. The molecule has 1 fully saturated rings. The number of halogens is 1. The van der Waals surface area contributed by atoms with Crippen LogP contribution in [-0.2, 0) is 7.05 Å². The Bertz CT molecular complexity index is 1150. The van der Waals surface area contributed by atoms with Crippen LogP contribution in [-0.4, -0.2) is 41.8 Å². The largest absolute Gasteiger partial charge is 0.330 e. The highest BCUT2D eigenvalue weighted by molar-refractivity contribution is 5.85. The first kappa shape index (κ1) is 16.7. The van der Waals surface area contributed by atoms with Crippen molar-refractivity contribution in [3.8, 4) is 11.4 Å². The van der Waals surface area contributed by atoms with E-state index in [1.54, 1.807) is 33.1 Å². The Balaban J connectivity index is 0.00000168. The molecule has 0 aliphatic carbocycles. The lowest BCUT2D eigenvalue weighted by molar-refractivity contribution is 0.532. The van der Waals surface area contributed by atoms with Gasteiger partial charge in [-0.2, -0.15) is 5.10 Å². The zero-order chi connectivity index (χ0) is 17.0. The third-order valence-electron chi connectivity index (χ3n) is 4.90. The number of aryl methyl sites for hydroxylation is 1. The van der Waals surface area contributed by atoms with Crippen molar-refractivity contribution in [1.82, 2.24) is 34.0 Å². The molecule has 0 aromatic carbocycles. The van der Waals surface area contributed by atoms with E-state index in [1.165, 1.54) is 0 Å². The number of fused-ring (bicyclic) bond motifs is 2. The molecule has 1 atom stereocenters. The van der Waals surface area contributed by atoms with E-state index in [1.807, 2.05) is 24.4 Å². The molecular weight excluding hydrogens is 354 g/mol. The highest BCUT2D eigenvalue weighted by Gasteiger charge is 2.24. The second-order valence-corrected chi connectivity index (χ2v) is 6.35. The van der Waals surface area contributed by atoms with Gasteiger partial charge in [0, 0.05) is 19.8 Å². The highest BCUT2D eigenvalue weighted by Crippen LogP contribution is 2.24. The van der Waals surface area contributed by atoms with Gasteiger partial charge in [0.25, 0.3) is 0 Å². The summed E-state index contributed by atoms with van der Waals surface area (Å²) in [5.74, 6) is 0.582. The predicted molar refractivity (Wildman–Crippen MR) is 101 cm³/mol. The number of aromatic nitrogens is 6. The molecule has 134 valence electrons. The SMILES string of the molecule is Cl.Cn1c(=O)n(C2CCNC2)c2nc(-c3cnn4ccccc34)ncc21. The minimum Gasteiger partial charge on any atom is -0.315 e. The minimum absolute atomic E-state index is 0. The summed E-state index contributed by atoms with van der Waals surface area (Å²) >= 11 is 0. The summed E-state index contributed by atoms with van der Waals surface area (Å²) in [7, 11) is 1.77. The third kappa shape index (κ3) is 2.33. The van der Waals surface area contributed by atoms with Crippen LogP contribution in [0, 0.1) is 0 Å². The van der Waals surface area contributed by atoms with Gasteiger partial charge in [0.15, 0.2) is 11.5 Å². The van der Waals surface area contributed by atoms with Crippen LogP contribution in [0.15, 0.2) is 41.6 Å². The van der Waals surface area contributed by atoms with Gasteiger partial charge in [0.2, 0.25) is 0 Å². The van der Waals surface area contributed by atoms with Crippen molar-refractivity contribution >= 4 is 29.1 Å². The van der Waals surface area contributed by atoms with Crippen LogP contribution in [0.1, 0.15) is 12.5 Å². The maximum atomic E-state index is 12.7. The zero-order valence-electron chi connectivity index (χ0n) is 14.2. The van der Waals surface area contributed by atoms with E-state index in [4.69, 9.17) is 4.98 Å². The van der Waals surface area contributed by atoms with E-state index in [9.17, 15) is 4.79 Å². The lowest BCUT2D eigenvalue weighted by Gasteiger charge is -2.09. The van der Waals surface area contributed by atoms with Crippen molar-refractivity contribution in [1.29, 1.82) is 0 Å². The fourth-order valence-corrected chi connectivity index (χ4v) is 3.56. The van der Waals surface area contributed by atoms with E-state index < -0.39 is 0 Å². The van der Waals surface area contributed by atoms with Gasteiger partial charge in [0.05, 0.1) is 29.5 Å². The Labute approximate surface area is 154 Å². The first-order chi connectivity index (χ1) is 12.2. The first-order valence-electron chi connectivity index (χ1n) is 8.31. The molecule has 26 heavy (non-hydrogen) atoms. The Morgan fingerprint density at radius 1 is 1.23 bits per heavy atom. The molecule has 0 amide bonds. The zero-order valence-corrected chi connectivity index (χ0v) is 15.0. The summed E-state index contributed by atoms with van der Waals surface area (Å²) < 4.78 is 5.21. The monoisotopic (exact) mass is 371 g/mol. The molecule has 0 bridgehead atoms. The van der Waals surface area contributed by atoms with Gasteiger partial charge < -0.3 is 5.32 Å². The number of hydrogen-bond donors (Lipinski definition) is 1. The molecule has 1 N–H and O–H groups in total. The second kappa shape index (κ2) is 6.22. The number of rotatable bonds is 2. The lowest BCUT2D eigenvalue weighted by Crippen LogP contribution is -2.27. The van der Waals surface area contributed by atoms with Crippen molar-refractivity contribution in [2.45, 2.75) is 12.5 Å². The van der Waals surface area contributed by atoms with E-state index in [0.29, 0.717) is 11.5 Å². The van der Waals surface area contributed by atoms with Crippen LogP contribution >= 0.6 is 12.4 Å². The van der Waals surface area contributed by atoms with Crippen molar-refractivity contribution < 1.29 is 0 Å². The Hall–Kier alpha value is -2.71. The van der Waals surface area contributed by atoms with Crippen LogP contribution in [0.4, 0.5) is 0 Å². The molecule has 0 spiro atoms. The van der Waals surface area contributed by atoms with Gasteiger partial charge in [-0.25, -0.2) is 19.3 Å². The number of pyridine rings is 1. The lowest BCUT2D eigenvalue weighted by atomic mass is 10.2. The fraction of sp³-hybridized carbons (Fsp3) is 0.294. The average Bonchev–Trinajstić information content (AvgIpc) is 3.35. The molecule has 4 aromatic heterocycles. The van der Waals surface area contributed by atoms with Gasteiger partial charge in [-0.15, -0.1) is 12.4 Å². The molecule has 1 aliphatic rings. The third-order valence-corrected chi connectivity index (χ3v) is 4.90. The molecule has 1 unspecified atom stereocenters. The van der Waals surface area contributed by atoms with E-state index in [2.05, 4.69) is 15.4 Å². The molecule has 0 saturated carbocycles. The molecular formula is C17H18ClN7O. The molecule has 4 aromatic rings. The van der Waals surface area contributed by atoms with Gasteiger partial charge >= 0.3 is 5.69 Å². The number of imidazole rings is 1. The molecule has 1 saturated heterocycles. The van der Waals surface area contributed by atoms with Crippen LogP contribution in [0.25, 0.3) is 28.1 Å². The van der Waals surface area contributed by atoms with E-state index >= 15 is 0 Å². The number of nitrogens with zero attached hydrogens (tertiary/aromatic N) is 6. The maximum absolute atomic E-state index is 12.7. The minimum atomic E-state index is -0.0463.